The standard InChI is InChI=1S/C16H25F8N2O5S/c1-5-8-25(3,4)9-10-26(11(2)6-7-12(26)27)16(24,15(22,23)32(28,29)30)31-14(20,21)13(17,18)19/h11H,5-10H2,1-4H3/q+1/p+1. The zero-order valence-electron chi connectivity index (χ0n) is 17.7. The molecule has 1 amide bonds. The van der Waals surface area contributed by atoms with Crippen LogP contribution in [0.15, 0.2) is 0 Å². The Labute approximate surface area is 179 Å². The molecule has 0 aliphatic carbocycles. The number of ether oxygens (including phenoxy) is 1. The van der Waals surface area contributed by atoms with Crippen LogP contribution in [0, 0.1) is 0 Å². The van der Waals surface area contributed by atoms with Gasteiger partial charge in [-0.2, -0.15) is 43.6 Å². The summed E-state index contributed by atoms with van der Waals surface area (Å²) in [7, 11) is -3.98. The van der Waals surface area contributed by atoms with Gasteiger partial charge in [0.2, 0.25) is 0 Å². The van der Waals surface area contributed by atoms with E-state index in [-0.39, 0.29) is 4.48 Å². The van der Waals surface area contributed by atoms with Crippen molar-refractivity contribution in [1.82, 2.24) is 0 Å². The molecule has 0 aromatic heterocycles. The van der Waals surface area contributed by atoms with Crippen molar-refractivity contribution >= 4 is 16.0 Å². The molecule has 0 saturated carbocycles. The first kappa shape index (κ1) is 28.9. The summed E-state index contributed by atoms with van der Waals surface area (Å²) in [6.45, 7) is 1.43. The number of nitrogens with zero attached hydrogens (tertiary/aromatic N) is 2. The number of halogens is 8. The van der Waals surface area contributed by atoms with E-state index in [2.05, 4.69) is 4.74 Å². The average molecular weight is 510 g/mol. The highest BCUT2D eigenvalue weighted by Crippen LogP contribution is 2.54. The molecule has 1 aliphatic heterocycles. The van der Waals surface area contributed by atoms with Crippen LogP contribution in [0.2, 0.25) is 0 Å². The molecule has 0 aromatic rings. The molecular weight excluding hydrogens is 484 g/mol. The fraction of sp³-hybridized carbons (Fsp3) is 0.938. The Morgan fingerprint density at radius 1 is 1.09 bits per heavy atom. The zero-order chi connectivity index (χ0) is 25.6. The molecule has 7 nitrogen and oxygen atoms in total. The molecule has 1 heterocycles. The van der Waals surface area contributed by atoms with Gasteiger partial charge in [-0.15, -0.1) is 4.39 Å². The summed E-state index contributed by atoms with van der Waals surface area (Å²) in [5.74, 6) is -7.38. The number of quaternary nitrogens is 2. The molecule has 0 bridgehead atoms. The van der Waals surface area contributed by atoms with E-state index in [1.165, 1.54) is 14.1 Å². The maximum atomic E-state index is 16.0. The molecule has 1 fully saturated rings. The van der Waals surface area contributed by atoms with Crippen molar-refractivity contribution < 1.29 is 66.6 Å². The van der Waals surface area contributed by atoms with Crippen molar-refractivity contribution in [3.63, 3.8) is 0 Å². The quantitative estimate of drug-likeness (QED) is 0.211. The number of amides is 1. The summed E-state index contributed by atoms with van der Waals surface area (Å²) in [6, 6.07) is -1.69. The number of likely N-dealkylation sites (N-methyl/N-ethyl adjacent to an activating group) is 1. The molecule has 0 spiro atoms. The summed E-state index contributed by atoms with van der Waals surface area (Å²) >= 11 is 0. The second-order valence-electron chi connectivity index (χ2n) is 8.43. The maximum absolute atomic E-state index is 16.0. The lowest BCUT2D eigenvalue weighted by Crippen LogP contribution is -2.78. The van der Waals surface area contributed by atoms with Crippen LogP contribution < -0.4 is 0 Å². The number of hydrogen-bond acceptors (Lipinski definition) is 4. The Hall–Kier alpha value is -1.10. The predicted octanol–water partition coefficient (Wildman–Crippen LogP) is 3.27. The Morgan fingerprint density at radius 2 is 1.59 bits per heavy atom. The molecule has 16 heteroatoms. The van der Waals surface area contributed by atoms with Crippen molar-refractivity contribution in [3.8, 4) is 0 Å². The molecule has 190 valence electrons. The average Bonchev–Trinajstić information content (AvgIpc) is 2.86. The van der Waals surface area contributed by atoms with Gasteiger partial charge in [-0.1, -0.05) is 6.92 Å². The number of likely N-dealkylation sites (tertiary alicyclic amines) is 1. The van der Waals surface area contributed by atoms with E-state index in [0.29, 0.717) is 13.0 Å². The van der Waals surface area contributed by atoms with E-state index in [1.54, 1.807) is 6.92 Å². The van der Waals surface area contributed by atoms with Crippen molar-refractivity contribution in [2.75, 3.05) is 33.7 Å². The number of rotatable bonds is 10. The van der Waals surface area contributed by atoms with Crippen molar-refractivity contribution in [1.29, 1.82) is 0 Å². The van der Waals surface area contributed by atoms with Crippen LogP contribution in [0.25, 0.3) is 0 Å². The van der Waals surface area contributed by atoms with E-state index in [1.807, 2.05) is 0 Å². The van der Waals surface area contributed by atoms with Gasteiger partial charge in [0.05, 0.1) is 33.1 Å². The highest BCUT2D eigenvalue weighted by Gasteiger charge is 2.85. The van der Waals surface area contributed by atoms with Gasteiger partial charge in [-0.25, -0.2) is 9.53 Å². The summed E-state index contributed by atoms with van der Waals surface area (Å²) in [5, 5.41) is -6.37. The monoisotopic (exact) mass is 510 g/mol. The van der Waals surface area contributed by atoms with E-state index in [4.69, 9.17) is 4.55 Å². The van der Waals surface area contributed by atoms with E-state index >= 15 is 4.39 Å². The topological polar surface area (TPSA) is 80.7 Å². The van der Waals surface area contributed by atoms with Crippen LogP contribution in [0.1, 0.15) is 33.1 Å². The number of carbonyl (C=O) groups is 1. The molecule has 3 unspecified atom stereocenters. The minimum Gasteiger partial charge on any atom is -0.324 e. The van der Waals surface area contributed by atoms with E-state index in [0.717, 1.165) is 6.92 Å². The fourth-order valence-electron chi connectivity index (χ4n) is 3.84. The van der Waals surface area contributed by atoms with Crippen molar-refractivity contribution in [2.24, 2.45) is 0 Å². The molecule has 3 atom stereocenters. The Balaban J connectivity index is 3.86. The highest BCUT2D eigenvalue weighted by molar-refractivity contribution is 7.86. The zero-order valence-corrected chi connectivity index (χ0v) is 18.5. The second-order valence-corrected chi connectivity index (χ2v) is 9.89. The molecule has 1 rings (SSSR count). The first-order chi connectivity index (χ1) is 14.0. The van der Waals surface area contributed by atoms with E-state index in [9.17, 15) is 43.9 Å². The predicted molar refractivity (Wildman–Crippen MR) is 93.4 cm³/mol. The van der Waals surface area contributed by atoms with Crippen LogP contribution >= 0.6 is 0 Å². The van der Waals surface area contributed by atoms with Crippen LogP contribution in [0.3, 0.4) is 0 Å². The van der Waals surface area contributed by atoms with Crippen LogP contribution in [0.5, 0.6) is 0 Å². The number of alkyl halides is 8. The van der Waals surface area contributed by atoms with Crippen molar-refractivity contribution in [3.05, 3.63) is 0 Å². The van der Waals surface area contributed by atoms with Gasteiger partial charge in [0.15, 0.2) is 0 Å². The third kappa shape index (κ3) is 4.74. The van der Waals surface area contributed by atoms with Crippen LogP contribution in [-0.4, -0.2) is 91.1 Å². The Kier molecular flexibility index (Phi) is 7.77. The van der Waals surface area contributed by atoms with Gasteiger partial charge in [0.1, 0.15) is 13.1 Å². The van der Waals surface area contributed by atoms with Gasteiger partial charge in [-0.05, 0) is 13.3 Å². The molecule has 1 N–H and O–H groups in total. The Morgan fingerprint density at radius 3 is 1.94 bits per heavy atom. The van der Waals surface area contributed by atoms with Crippen LogP contribution in [-0.2, 0) is 19.6 Å². The molecular formula is C16H26F8N2O5S+2. The molecule has 0 aromatic carbocycles. The summed E-state index contributed by atoms with van der Waals surface area (Å²) in [6.07, 6.45) is -14.0. The maximum Gasteiger partial charge on any atom is 0.486 e. The molecule has 0 radical (unpaired) electrons. The highest BCUT2D eigenvalue weighted by atomic mass is 32.2. The SMILES string of the molecule is CCC[N+](C)(C)CC[N+]1(C(F)(OC(F)(F)C(F)(F)F)C(F)(F)S(=O)(=O)O)C(=O)CCC1C. The Bertz CT molecular complexity index is 820. The first-order valence-electron chi connectivity index (χ1n) is 9.44. The van der Waals surface area contributed by atoms with Gasteiger partial charge in [-0.3, -0.25) is 4.55 Å². The third-order valence-corrected chi connectivity index (χ3v) is 6.55. The van der Waals surface area contributed by atoms with Gasteiger partial charge >= 0.3 is 39.5 Å². The number of carbonyl (C=O) groups excluding carboxylic acids is 1. The largest absolute Gasteiger partial charge is 0.486 e. The van der Waals surface area contributed by atoms with Gasteiger partial charge < -0.3 is 4.48 Å². The summed E-state index contributed by atoms with van der Waals surface area (Å²) < 4.78 is 143. The smallest absolute Gasteiger partial charge is 0.324 e. The third-order valence-electron chi connectivity index (χ3n) is 5.65. The van der Waals surface area contributed by atoms with Crippen molar-refractivity contribution in [2.45, 2.75) is 62.7 Å². The first-order valence-corrected chi connectivity index (χ1v) is 10.9. The van der Waals surface area contributed by atoms with Gasteiger partial charge in [0, 0.05) is 6.42 Å². The van der Waals surface area contributed by atoms with Gasteiger partial charge in [0.25, 0.3) is 0 Å². The number of hydrogen-bond donors (Lipinski definition) is 1. The normalized spacial score (nSPS) is 25.8. The second kappa shape index (κ2) is 8.60. The summed E-state index contributed by atoms with van der Waals surface area (Å²) in [4.78, 5) is 12.6. The lowest BCUT2D eigenvalue weighted by molar-refractivity contribution is -1.00. The molecule has 32 heavy (non-hydrogen) atoms. The molecule has 1 saturated heterocycles. The minimum absolute atomic E-state index is 0.0975. The minimum atomic E-state index is -6.97. The van der Waals surface area contributed by atoms with Crippen LogP contribution in [0.4, 0.5) is 35.1 Å². The fourth-order valence-corrected chi connectivity index (χ4v) is 4.36. The summed E-state index contributed by atoms with van der Waals surface area (Å²) in [5.41, 5.74) is 0. The van der Waals surface area contributed by atoms with E-state index < -0.39 is 76.0 Å². The lowest BCUT2D eigenvalue weighted by atomic mass is 10.1. The lowest BCUT2D eigenvalue weighted by Gasteiger charge is -2.48. The molecule has 1 aliphatic rings.